The van der Waals surface area contributed by atoms with Gasteiger partial charge in [0.1, 0.15) is 13.2 Å². The Labute approximate surface area is 168 Å². The van der Waals surface area contributed by atoms with E-state index < -0.39 is 11.0 Å². The molecule has 1 N–H and O–H groups in total. The normalized spacial score (nSPS) is 23.7. The molecule has 2 aromatic carbocycles. The fourth-order valence-corrected chi connectivity index (χ4v) is 4.63. The first kappa shape index (κ1) is 18.2. The standard InChI is InChI=1S/C21H23N3O5/c25-20-16-13-15(24(26)27)5-4-14(16)12-18(20)23-8-6-22(7-9-23)17-2-1-3-19-21(17)29-11-10-28-19/h1-5,13,18,20,25H,6-12H2/t18?,20-/m0/s1. The van der Waals surface area contributed by atoms with Crippen molar-refractivity contribution in [2.75, 3.05) is 44.3 Å². The van der Waals surface area contributed by atoms with E-state index in [0.717, 1.165) is 48.9 Å². The number of nitrogens with zero attached hydrogens (tertiary/aromatic N) is 3. The number of aliphatic hydroxyl groups is 1. The van der Waals surface area contributed by atoms with Crippen LogP contribution in [0, 0.1) is 10.1 Å². The first-order valence-electron chi connectivity index (χ1n) is 9.95. The highest BCUT2D eigenvalue weighted by atomic mass is 16.6. The van der Waals surface area contributed by atoms with Crippen LogP contribution in [-0.4, -0.2) is 60.4 Å². The maximum absolute atomic E-state index is 11.1. The Hall–Kier alpha value is -2.84. The van der Waals surface area contributed by atoms with Crippen molar-refractivity contribution in [3.05, 3.63) is 57.6 Å². The fourth-order valence-electron chi connectivity index (χ4n) is 4.63. The summed E-state index contributed by atoms with van der Waals surface area (Å²) in [5.41, 5.74) is 2.77. The Balaban J connectivity index is 1.29. The van der Waals surface area contributed by atoms with E-state index >= 15 is 0 Å². The average Bonchev–Trinajstić information content (AvgIpc) is 3.09. The number of para-hydroxylation sites is 1. The van der Waals surface area contributed by atoms with E-state index in [4.69, 9.17) is 9.47 Å². The summed E-state index contributed by atoms with van der Waals surface area (Å²) in [6.45, 7) is 4.38. The molecule has 5 rings (SSSR count). The largest absolute Gasteiger partial charge is 0.486 e. The third kappa shape index (κ3) is 3.18. The van der Waals surface area contributed by atoms with Crippen molar-refractivity contribution in [1.82, 2.24) is 4.90 Å². The molecule has 29 heavy (non-hydrogen) atoms. The Kier molecular flexibility index (Phi) is 4.52. The first-order chi connectivity index (χ1) is 14.1. The molecule has 0 amide bonds. The van der Waals surface area contributed by atoms with Crippen LogP contribution in [0.5, 0.6) is 11.5 Å². The van der Waals surface area contributed by atoms with Gasteiger partial charge < -0.3 is 19.5 Å². The Morgan fingerprint density at radius 1 is 1.07 bits per heavy atom. The smallest absolute Gasteiger partial charge is 0.269 e. The van der Waals surface area contributed by atoms with Crippen molar-refractivity contribution < 1.29 is 19.5 Å². The van der Waals surface area contributed by atoms with Crippen LogP contribution in [0.15, 0.2) is 36.4 Å². The lowest BCUT2D eigenvalue weighted by atomic mass is 10.1. The van der Waals surface area contributed by atoms with Crippen molar-refractivity contribution in [2.24, 2.45) is 0 Å². The van der Waals surface area contributed by atoms with E-state index in [2.05, 4.69) is 15.9 Å². The predicted octanol–water partition coefficient (Wildman–Crippen LogP) is 2.15. The average molecular weight is 397 g/mol. The van der Waals surface area contributed by atoms with Crippen LogP contribution < -0.4 is 14.4 Å². The number of anilines is 1. The zero-order valence-corrected chi connectivity index (χ0v) is 16.0. The number of non-ortho nitro benzene ring substituents is 1. The minimum Gasteiger partial charge on any atom is -0.486 e. The van der Waals surface area contributed by atoms with Crippen LogP contribution in [0.3, 0.4) is 0 Å². The van der Waals surface area contributed by atoms with Crippen molar-refractivity contribution in [3.8, 4) is 11.5 Å². The number of ether oxygens (including phenoxy) is 2. The minimum absolute atomic E-state index is 0.0318. The van der Waals surface area contributed by atoms with E-state index in [-0.39, 0.29) is 11.7 Å². The lowest BCUT2D eigenvalue weighted by Gasteiger charge is -2.40. The van der Waals surface area contributed by atoms with Gasteiger partial charge in [-0.1, -0.05) is 12.1 Å². The minimum atomic E-state index is -0.697. The molecule has 0 radical (unpaired) electrons. The van der Waals surface area contributed by atoms with Gasteiger partial charge in [0, 0.05) is 44.4 Å². The molecule has 152 valence electrons. The van der Waals surface area contributed by atoms with Crippen molar-refractivity contribution in [3.63, 3.8) is 0 Å². The quantitative estimate of drug-likeness (QED) is 0.627. The molecule has 1 unspecified atom stereocenters. The van der Waals surface area contributed by atoms with Crippen LogP contribution in [-0.2, 0) is 6.42 Å². The topological polar surface area (TPSA) is 88.3 Å². The second kappa shape index (κ2) is 7.20. The van der Waals surface area contributed by atoms with Crippen LogP contribution >= 0.6 is 0 Å². The summed E-state index contributed by atoms with van der Waals surface area (Å²) >= 11 is 0. The molecular weight excluding hydrogens is 374 g/mol. The third-order valence-corrected chi connectivity index (χ3v) is 6.12. The van der Waals surface area contributed by atoms with Gasteiger partial charge in [-0.2, -0.15) is 0 Å². The van der Waals surface area contributed by atoms with Crippen LogP contribution in [0.2, 0.25) is 0 Å². The second-order valence-electron chi connectivity index (χ2n) is 7.68. The molecule has 3 aliphatic rings. The van der Waals surface area contributed by atoms with Gasteiger partial charge >= 0.3 is 0 Å². The van der Waals surface area contributed by atoms with Crippen LogP contribution in [0.25, 0.3) is 0 Å². The molecule has 2 atom stereocenters. The van der Waals surface area contributed by atoms with E-state index in [9.17, 15) is 15.2 Å². The number of hydrogen-bond acceptors (Lipinski definition) is 7. The van der Waals surface area contributed by atoms with Gasteiger partial charge in [-0.25, -0.2) is 0 Å². The Morgan fingerprint density at radius 2 is 1.86 bits per heavy atom. The zero-order valence-electron chi connectivity index (χ0n) is 16.0. The molecule has 1 aliphatic carbocycles. The van der Waals surface area contributed by atoms with Gasteiger partial charge in [0.25, 0.3) is 5.69 Å². The Morgan fingerprint density at radius 3 is 2.66 bits per heavy atom. The van der Waals surface area contributed by atoms with Crippen molar-refractivity contribution in [2.45, 2.75) is 18.6 Å². The highest BCUT2D eigenvalue weighted by molar-refractivity contribution is 5.65. The molecule has 2 heterocycles. The number of hydrogen-bond donors (Lipinski definition) is 1. The van der Waals surface area contributed by atoms with Gasteiger partial charge in [0.2, 0.25) is 0 Å². The number of fused-ring (bicyclic) bond motifs is 2. The van der Waals surface area contributed by atoms with E-state index in [1.165, 1.54) is 12.1 Å². The molecule has 8 heteroatoms. The van der Waals surface area contributed by atoms with Crippen molar-refractivity contribution >= 4 is 11.4 Å². The maximum Gasteiger partial charge on any atom is 0.269 e. The number of nitro benzene ring substituents is 1. The Bertz CT molecular complexity index is 942. The van der Waals surface area contributed by atoms with Crippen molar-refractivity contribution in [1.29, 1.82) is 0 Å². The molecule has 2 aromatic rings. The molecule has 8 nitrogen and oxygen atoms in total. The number of nitro groups is 1. The van der Waals surface area contributed by atoms with Crippen LogP contribution in [0.1, 0.15) is 17.2 Å². The molecule has 2 aliphatic heterocycles. The summed E-state index contributed by atoms with van der Waals surface area (Å²) < 4.78 is 11.5. The summed E-state index contributed by atoms with van der Waals surface area (Å²) in [6.07, 6.45) is 0.0179. The third-order valence-electron chi connectivity index (χ3n) is 6.12. The lowest BCUT2D eigenvalue weighted by molar-refractivity contribution is -0.385. The zero-order chi connectivity index (χ0) is 20.0. The van der Waals surface area contributed by atoms with Gasteiger partial charge in [-0.15, -0.1) is 0 Å². The molecule has 0 aromatic heterocycles. The molecule has 0 bridgehead atoms. The number of rotatable bonds is 3. The summed E-state index contributed by atoms with van der Waals surface area (Å²) in [5.74, 6) is 1.60. The molecule has 1 fully saturated rings. The number of benzene rings is 2. The summed E-state index contributed by atoms with van der Waals surface area (Å²) in [4.78, 5) is 15.2. The van der Waals surface area contributed by atoms with Gasteiger partial charge in [0.05, 0.1) is 16.7 Å². The highest BCUT2D eigenvalue weighted by Crippen LogP contribution is 2.41. The molecular formula is C21H23N3O5. The van der Waals surface area contributed by atoms with E-state index in [0.29, 0.717) is 25.2 Å². The number of aliphatic hydroxyl groups excluding tert-OH is 1. The molecule has 0 spiro atoms. The predicted molar refractivity (Wildman–Crippen MR) is 107 cm³/mol. The molecule has 0 saturated carbocycles. The maximum atomic E-state index is 11.1. The summed E-state index contributed by atoms with van der Waals surface area (Å²) in [7, 11) is 0. The highest BCUT2D eigenvalue weighted by Gasteiger charge is 2.37. The second-order valence-corrected chi connectivity index (χ2v) is 7.68. The molecule has 1 saturated heterocycles. The summed E-state index contributed by atoms with van der Waals surface area (Å²) in [6, 6.07) is 10.7. The SMILES string of the molecule is O=[N+]([O-])c1ccc2c(c1)[C@H](O)C(N1CCN(c3cccc4c3OCCO4)CC1)C2. The van der Waals surface area contributed by atoms with Gasteiger partial charge in [0.15, 0.2) is 11.5 Å². The van der Waals surface area contributed by atoms with Crippen LogP contribution in [0.4, 0.5) is 11.4 Å². The van der Waals surface area contributed by atoms with E-state index in [1.54, 1.807) is 6.07 Å². The van der Waals surface area contributed by atoms with Gasteiger partial charge in [-0.05, 0) is 29.7 Å². The van der Waals surface area contributed by atoms with Gasteiger partial charge in [-0.3, -0.25) is 15.0 Å². The summed E-state index contributed by atoms with van der Waals surface area (Å²) in [5, 5.41) is 21.9. The first-order valence-corrected chi connectivity index (χ1v) is 9.95. The van der Waals surface area contributed by atoms with E-state index in [1.807, 2.05) is 12.1 Å². The number of piperazine rings is 1. The monoisotopic (exact) mass is 397 g/mol. The fraction of sp³-hybridized carbons (Fsp3) is 0.429. The lowest BCUT2D eigenvalue weighted by Crippen LogP contribution is -2.51.